The zero-order chi connectivity index (χ0) is 13.0. The van der Waals surface area contributed by atoms with Gasteiger partial charge in [-0.15, -0.1) is 0 Å². The molecule has 0 aliphatic heterocycles. The van der Waals surface area contributed by atoms with Gasteiger partial charge in [0.15, 0.2) is 16.3 Å². The molecule has 7 heteroatoms. The molecule has 3 aromatic rings. The highest BCUT2D eigenvalue weighted by atomic mass is 32.1. The number of phenols is 2. The number of fused-ring (bicyclic) bond motifs is 3. The number of H-pyrrole nitrogens is 3. The van der Waals surface area contributed by atoms with Gasteiger partial charge in [0.25, 0.3) is 5.56 Å². The predicted molar refractivity (Wildman–Crippen MR) is 69.7 cm³/mol. The lowest BCUT2D eigenvalue weighted by molar-refractivity contribution is 0.402. The normalized spacial score (nSPS) is 11.4. The fourth-order valence-corrected chi connectivity index (χ4v) is 2.30. The Labute approximate surface area is 105 Å². The number of benzene rings is 1. The zero-order valence-electron chi connectivity index (χ0n) is 9.29. The molecule has 0 saturated heterocycles. The van der Waals surface area contributed by atoms with Crippen LogP contribution in [0.1, 0.15) is 5.56 Å². The Balaban J connectivity index is 2.69. The Bertz CT molecular complexity index is 904. The second-order valence-electron chi connectivity index (χ2n) is 4.08. The van der Waals surface area contributed by atoms with Gasteiger partial charge in [-0.1, -0.05) is 0 Å². The highest BCUT2D eigenvalue weighted by Gasteiger charge is 2.15. The molecule has 0 atom stereocenters. The average Bonchev–Trinajstić information content (AvgIpc) is 2.64. The highest BCUT2D eigenvalue weighted by molar-refractivity contribution is 7.71. The van der Waals surface area contributed by atoms with Crippen molar-refractivity contribution in [2.24, 2.45) is 0 Å². The minimum atomic E-state index is -0.343. The molecule has 3 rings (SSSR count). The summed E-state index contributed by atoms with van der Waals surface area (Å²) in [6, 6.07) is 1.35. The number of hydrogen-bond donors (Lipinski definition) is 5. The van der Waals surface area contributed by atoms with Gasteiger partial charge in [0.1, 0.15) is 5.65 Å². The van der Waals surface area contributed by atoms with Crippen molar-refractivity contribution in [1.29, 1.82) is 0 Å². The molecule has 0 spiro atoms. The van der Waals surface area contributed by atoms with Crippen LogP contribution in [0.2, 0.25) is 0 Å². The number of aromatic amines is 3. The first kappa shape index (κ1) is 10.8. The second-order valence-corrected chi connectivity index (χ2v) is 4.48. The van der Waals surface area contributed by atoms with E-state index in [0.717, 1.165) is 0 Å². The summed E-state index contributed by atoms with van der Waals surface area (Å²) in [5, 5.41) is 20.2. The van der Waals surface area contributed by atoms with Crippen molar-refractivity contribution in [3.63, 3.8) is 0 Å². The molecule has 2 aromatic heterocycles. The summed E-state index contributed by atoms with van der Waals surface area (Å²) in [5.74, 6) is -0.466. The van der Waals surface area contributed by atoms with Crippen LogP contribution in [0, 0.1) is 11.7 Å². The third-order valence-electron chi connectivity index (χ3n) is 2.99. The van der Waals surface area contributed by atoms with E-state index in [0.29, 0.717) is 27.5 Å². The molecule has 0 amide bonds. The van der Waals surface area contributed by atoms with Crippen molar-refractivity contribution in [3.8, 4) is 11.5 Å². The van der Waals surface area contributed by atoms with Crippen LogP contribution in [0.4, 0.5) is 0 Å². The van der Waals surface area contributed by atoms with Crippen LogP contribution in [-0.2, 0) is 0 Å². The fraction of sp³-hybridized carbons (Fsp3) is 0.0909. The minimum absolute atomic E-state index is 0.205. The Morgan fingerprint density at radius 3 is 2.67 bits per heavy atom. The molecule has 0 fully saturated rings. The van der Waals surface area contributed by atoms with Crippen LogP contribution >= 0.6 is 12.2 Å². The molecule has 92 valence electrons. The molecule has 0 saturated carbocycles. The molecule has 2 heterocycles. The van der Waals surface area contributed by atoms with Crippen molar-refractivity contribution < 1.29 is 10.2 Å². The molecule has 0 aliphatic rings. The average molecular weight is 263 g/mol. The summed E-state index contributed by atoms with van der Waals surface area (Å²) in [6.45, 7) is 1.65. The van der Waals surface area contributed by atoms with Crippen LogP contribution in [0.25, 0.3) is 21.9 Å². The lowest BCUT2D eigenvalue weighted by Crippen LogP contribution is -2.06. The monoisotopic (exact) mass is 263 g/mol. The van der Waals surface area contributed by atoms with Crippen molar-refractivity contribution in [2.45, 2.75) is 6.92 Å². The third-order valence-corrected chi connectivity index (χ3v) is 3.19. The van der Waals surface area contributed by atoms with Gasteiger partial charge in [0, 0.05) is 10.9 Å². The van der Waals surface area contributed by atoms with Crippen molar-refractivity contribution in [2.75, 3.05) is 0 Å². The van der Waals surface area contributed by atoms with E-state index in [9.17, 15) is 15.0 Å². The molecular formula is C11H9N3O3S. The summed E-state index contributed by atoms with van der Waals surface area (Å²) in [6.07, 6.45) is 0. The summed E-state index contributed by atoms with van der Waals surface area (Å²) < 4.78 is 0.213. The number of aryl methyl sites for hydroxylation is 1. The topological polar surface area (TPSA) is 105 Å². The van der Waals surface area contributed by atoms with Gasteiger partial charge in [-0.3, -0.25) is 9.78 Å². The van der Waals surface area contributed by atoms with Gasteiger partial charge < -0.3 is 20.2 Å². The molecule has 1 aromatic carbocycles. The summed E-state index contributed by atoms with van der Waals surface area (Å²) in [7, 11) is 0. The van der Waals surface area contributed by atoms with E-state index in [1.807, 2.05) is 0 Å². The molecule has 0 radical (unpaired) electrons. The maximum Gasteiger partial charge on any atom is 0.261 e. The van der Waals surface area contributed by atoms with Gasteiger partial charge in [0.05, 0.1) is 10.9 Å². The molecule has 5 N–H and O–H groups in total. The Morgan fingerprint density at radius 1 is 1.22 bits per heavy atom. The quantitative estimate of drug-likeness (QED) is 0.315. The number of phenolic OH excluding ortho intramolecular Hbond substituents is 2. The SMILES string of the molecule is Cc1c(O)c(O)cc2c1[nH]c1[nH]c(=S)[nH]c(=O)c12. The number of aromatic nitrogens is 3. The Hall–Kier alpha value is -2.28. The van der Waals surface area contributed by atoms with Gasteiger partial charge in [-0.25, -0.2) is 0 Å². The lowest BCUT2D eigenvalue weighted by Gasteiger charge is -2.02. The molecule has 6 nitrogen and oxygen atoms in total. The van der Waals surface area contributed by atoms with E-state index < -0.39 is 0 Å². The van der Waals surface area contributed by atoms with E-state index >= 15 is 0 Å². The van der Waals surface area contributed by atoms with Crippen molar-refractivity contribution in [1.82, 2.24) is 15.0 Å². The maximum absolute atomic E-state index is 11.9. The summed E-state index contributed by atoms with van der Waals surface area (Å²) in [5.41, 5.74) is 1.18. The van der Waals surface area contributed by atoms with Crippen LogP contribution in [0.3, 0.4) is 0 Å². The van der Waals surface area contributed by atoms with Crippen LogP contribution < -0.4 is 5.56 Å². The second kappa shape index (κ2) is 3.36. The molecule has 0 unspecified atom stereocenters. The number of hydrogen-bond acceptors (Lipinski definition) is 4. The standard InChI is InChI=1S/C11H9N3O3S/c1-3-7-4(2-5(15)8(3)16)6-9(12-7)13-11(18)14-10(6)17/h2,15-16H,1H3,(H3,12,13,14,17,18). The van der Waals surface area contributed by atoms with E-state index in [-0.39, 0.29) is 21.8 Å². The highest BCUT2D eigenvalue weighted by Crippen LogP contribution is 2.36. The van der Waals surface area contributed by atoms with Crippen LogP contribution in [-0.4, -0.2) is 25.2 Å². The number of nitrogens with one attached hydrogen (secondary N) is 3. The number of aromatic hydroxyl groups is 2. The first-order chi connectivity index (χ1) is 8.49. The van der Waals surface area contributed by atoms with Gasteiger partial charge in [-0.05, 0) is 25.2 Å². The van der Waals surface area contributed by atoms with Gasteiger partial charge in [0.2, 0.25) is 0 Å². The summed E-state index contributed by atoms with van der Waals surface area (Å²) in [4.78, 5) is 20.2. The van der Waals surface area contributed by atoms with Crippen LogP contribution in [0.15, 0.2) is 10.9 Å². The van der Waals surface area contributed by atoms with Crippen LogP contribution in [0.5, 0.6) is 11.5 Å². The molecule has 0 bridgehead atoms. The minimum Gasteiger partial charge on any atom is -0.504 e. The maximum atomic E-state index is 11.9. The zero-order valence-corrected chi connectivity index (χ0v) is 10.1. The van der Waals surface area contributed by atoms with Crippen molar-refractivity contribution >= 4 is 34.2 Å². The molecular weight excluding hydrogens is 254 g/mol. The summed E-state index contributed by atoms with van der Waals surface area (Å²) >= 11 is 4.89. The van der Waals surface area contributed by atoms with E-state index in [4.69, 9.17) is 12.2 Å². The number of rotatable bonds is 0. The molecule has 18 heavy (non-hydrogen) atoms. The van der Waals surface area contributed by atoms with E-state index in [2.05, 4.69) is 15.0 Å². The molecule has 0 aliphatic carbocycles. The predicted octanol–water partition coefficient (Wildman–Crippen LogP) is 1.79. The Morgan fingerprint density at radius 2 is 1.94 bits per heavy atom. The van der Waals surface area contributed by atoms with E-state index in [1.165, 1.54) is 6.07 Å². The van der Waals surface area contributed by atoms with Gasteiger partial charge >= 0.3 is 0 Å². The first-order valence-electron chi connectivity index (χ1n) is 5.18. The fourth-order valence-electron chi connectivity index (χ4n) is 2.11. The largest absolute Gasteiger partial charge is 0.504 e. The first-order valence-corrected chi connectivity index (χ1v) is 5.59. The Kier molecular flexibility index (Phi) is 2.02. The van der Waals surface area contributed by atoms with E-state index in [1.54, 1.807) is 6.92 Å². The van der Waals surface area contributed by atoms with Crippen molar-refractivity contribution in [3.05, 3.63) is 26.8 Å². The third kappa shape index (κ3) is 1.28. The lowest BCUT2D eigenvalue weighted by atomic mass is 10.1. The van der Waals surface area contributed by atoms with Gasteiger partial charge in [-0.2, -0.15) is 0 Å². The smallest absolute Gasteiger partial charge is 0.261 e.